The van der Waals surface area contributed by atoms with Crippen LogP contribution in [0.15, 0.2) is 48.5 Å². The fourth-order valence-corrected chi connectivity index (χ4v) is 1.95. The second kappa shape index (κ2) is 5.12. The molecule has 0 unspecified atom stereocenters. The third kappa shape index (κ3) is 2.58. The lowest BCUT2D eigenvalue weighted by atomic mass is 9.99. The first kappa shape index (κ1) is 13.1. The van der Waals surface area contributed by atoms with E-state index in [9.17, 15) is 5.11 Å². The summed E-state index contributed by atoms with van der Waals surface area (Å²) in [5.74, 6) is 0. The van der Waals surface area contributed by atoms with Crippen molar-refractivity contribution in [1.29, 1.82) is 10.5 Å². The molecule has 0 aliphatic heterocycles. The molecule has 2 rings (SSSR count). The average Bonchev–Trinajstić information content (AvgIpc) is 2.47. The van der Waals surface area contributed by atoms with Gasteiger partial charge in [0.25, 0.3) is 0 Å². The zero-order valence-corrected chi connectivity index (χ0v) is 10.6. The number of alkyl halides is 1. The molecule has 0 radical (unpaired) electrons. The highest BCUT2D eigenvalue weighted by molar-refractivity contribution is 6.24. The Hall–Kier alpha value is -2.33. The van der Waals surface area contributed by atoms with Crippen molar-refractivity contribution in [1.82, 2.24) is 0 Å². The minimum atomic E-state index is -1.68. The van der Waals surface area contributed by atoms with Crippen LogP contribution in [-0.2, 0) is 5.06 Å². The van der Waals surface area contributed by atoms with Crippen molar-refractivity contribution < 1.29 is 5.11 Å². The average molecular weight is 269 g/mol. The quantitative estimate of drug-likeness (QED) is 0.852. The Bertz CT molecular complexity index is 602. The molecular weight excluding hydrogens is 260 g/mol. The molecule has 1 N–H and O–H groups in total. The molecule has 0 saturated carbocycles. The topological polar surface area (TPSA) is 67.8 Å². The summed E-state index contributed by atoms with van der Waals surface area (Å²) in [4.78, 5) is 0. The van der Waals surface area contributed by atoms with Gasteiger partial charge in [-0.3, -0.25) is 0 Å². The van der Waals surface area contributed by atoms with Gasteiger partial charge in [0.05, 0.1) is 23.3 Å². The number of rotatable bonds is 2. The first-order chi connectivity index (χ1) is 9.07. The molecule has 0 saturated heterocycles. The van der Waals surface area contributed by atoms with Gasteiger partial charge >= 0.3 is 0 Å². The second-order valence-corrected chi connectivity index (χ2v) is 4.55. The van der Waals surface area contributed by atoms with Crippen molar-refractivity contribution >= 4 is 11.6 Å². The van der Waals surface area contributed by atoms with Crippen LogP contribution in [0.5, 0.6) is 0 Å². The van der Waals surface area contributed by atoms with Crippen LogP contribution in [-0.4, -0.2) is 5.11 Å². The Morgan fingerprint density at radius 3 is 1.37 bits per heavy atom. The molecule has 3 nitrogen and oxygen atoms in total. The van der Waals surface area contributed by atoms with Crippen LogP contribution in [0.4, 0.5) is 0 Å². The molecule has 0 aliphatic rings. The molecule has 92 valence electrons. The van der Waals surface area contributed by atoms with E-state index in [1.807, 2.05) is 12.1 Å². The Kier molecular flexibility index (Phi) is 3.53. The lowest BCUT2D eigenvalue weighted by molar-refractivity contribution is 0.173. The summed E-state index contributed by atoms with van der Waals surface area (Å²) < 4.78 is 0. The molecule has 0 atom stereocenters. The number of nitrogens with zero attached hydrogens (tertiary/aromatic N) is 2. The summed E-state index contributed by atoms with van der Waals surface area (Å²) in [7, 11) is 0. The summed E-state index contributed by atoms with van der Waals surface area (Å²) in [6.45, 7) is 0. The Labute approximate surface area is 115 Å². The van der Waals surface area contributed by atoms with Gasteiger partial charge in [0.15, 0.2) is 5.06 Å². The molecule has 0 aromatic heterocycles. The smallest absolute Gasteiger partial charge is 0.190 e. The van der Waals surface area contributed by atoms with Gasteiger partial charge in [0.2, 0.25) is 0 Å². The summed E-state index contributed by atoms with van der Waals surface area (Å²) in [5, 5.41) is 26.2. The molecule has 0 aliphatic carbocycles. The van der Waals surface area contributed by atoms with Gasteiger partial charge < -0.3 is 5.11 Å². The van der Waals surface area contributed by atoms with E-state index in [4.69, 9.17) is 22.1 Å². The van der Waals surface area contributed by atoms with Gasteiger partial charge in [-0.1, -0.05) is 35.9 Å². The predicted octanol–water partition coefficient (Wildman–Crippen LogP) is 2.86. The molecular formula is C15H9ClN2O. The van der Waals surface area contributed by atoms with Crippen LogP contribution in [0.3, 0.4) is 0 Å². The first-order valence-corrected chi connectivity index (χ1v) is 5.88. The van der Waals surface area contributed by atoms with Crippen molar-refractivity contribution in [2.75, 3.05) is 0 Å². The van der Waals surface area contributed by atoms with Crippen LogP contribution in [0.2, 0.25) is 0 Å². The molecule has 0 spiro atoms. The molecule has 2 aromatic rings. The van der Waals surface area contributed by atoms with Crippen molar-refractivity contribution in [2.45, 2.75) is 5.06 Å². The van der Waals surface area contributed by atoms with Crippen LogP contribution in [0.25, 0.3) is 0 Å². The standard InChI is InChI=1S/C15H9ClN2O/c16-15(19,13-5-1-11(9-17)2-6-13)14-7-3-12(10-18)4-8-14/h1-8,19H. The van der Waals surface area contributed by atoms with Crippen molar-refractivity contribution in [3.05, 3.63) is 70.8 Å². The largest absolute Gasteiger partial charge is 0.367 e. The monoisotopic (exact) mass is 268 g/mol. The second-order valence-electron chi connectivity index (χ2n) is 4.00. The molecule has 0 amide bonds. The van der Waals surface area contributed by atoms with Gasteiger partial charge in [0, 0.05) is 11.1 Å². The van der Waals surface area contributed by atoms with E-state index < -0.39 is 5.06 Å². The zero-order chi connectivity index (χ0) is 13.9. The zero-order valence-electron chi connectivity index (χ0n) is 9.84. The number of benzene rings is 2. The molecule has 19 heavy (non-hydrogen) atoms. The van der Waals surface area contributed by atoms with E-state index >= 15 is 0 Å². The maximum absolute atomic E-state index is 10.4. The molecule has 4 heteroatoms. The Morgan fingerprint density at radius 2 is 1.11 bits per heavy atom. The Balaban J connectivity index is 2.40. The SMILES string of the molecule is N#Cc1ccc(C(O)(Cl)c2ccc(C#N)cc2)cc1. The third-order valence-electron chi connectivity index (χ3n) is 2.79. The number of hydrogen-bond donors (Lipinski definition) is 1. The van der Waals surface area contributed by atoms with Crippen molar-refractivity contribution in [3.8, 4) is 12.1 Å². The highest BCUT2D eigenvalue weighted by Crippen LogP contribution is 2.33. The van der Waals surface area contributed by atoms with Crippen molar-refractivity contribution in [2.24, 2.45) is 0 Å². The number of halogens is 1. The van der Waals surface area contributed by atoms with E-state index in [-0.39, 0.29) is 0 Å². The first-order valence-electron chi connectivity index (χ1n) is 5.50. The fourth-order valence-electron chi connectivity index (χ4n) is 1.70. The van der Waals surface area contributed by atoms with Crippen molar-refractivity contribution in [3.63, 3.8) is 0 Å². The number of aliphatic hydroxyl groups is 1. The van der Waals surface area contributed by atoms with Crippen LogP contribution in [0, 0.1) is 22.7 Å². The van der Waals surface area contributed by atoms with E-state index in [1.54, 1.807) is 48.5 Å². The summed E-state index contributed by atoms with van der Waals surface area (Å²) in [6.07, 6.45) is 0. The van der Waals surface area contributed by atoms with Crippen LogP contribution >= 0.6 is 11.6 Å². The number of nitriles is 2. The molecule has 0 bridgehead atoms. The minimum absolute atomic E-state index is 0.470. The van der Waals surface area contributed by atoms with Gasteiger partial charge in [-0.05, 0) is 24.3 Å². The van der Waals surface area contributed by atoms with Crippen LogP contribution in [0.1, 0.15) is 22.3 Å². The highest BCUT2D eigenvalue weighted by atomic mass is 35.5. The molecule has 0 heterocycles. The van der Waals surface area contributed by atoms with E-state index in [0.717, 1.165) is 0 Å². The van der Waals surface area contributed by atoms with E-state index in [1.165, 1.54) is 0 Å². The van der Waals surface area contributed by atoms with Gasteiger partial charge in [0.1, 0.15) is 0 Å². The third-order valence-corrected chi connectivity index (χ3v) is 3.23. The van der Waals surface area contributed by atoms with E-state index in [2.05, 4.69) is 0 Å². The molecule has 0 fully saturated rings. The maximum atomic E-state index is 10.4. The summed E-state index contributed by atoms with van der Waals surface area (Å²) >= 11 is 6.17. The van der Waals surface area contributed by atoms with E-state index in [0.29, 0.717) is 22.3 Å². The Morgan fingerprint density at radius 1 is 0.789 bits per heavy atom. The lowest BCUT2D eigenvalue weighted by Gasteiger charge is -2.21. The highest BCUT2D eigenvalue weighted by Gasteiger charge is 2.28. The minimum Gasteiger partial charge on any atom is -0.367 e. The summed E-state index contributed by atoms with van der Waals surface area (Å²) in [5.41, 5.74) is 1.93. The normalized spacial score (nSPS) is 10.5. The fraction of sp³-hybridized carbons (Fsp3) is 0.0667. The predicted molar refractivity (Wildman–Crippen MR) is 71.2 cm³/mol. The van der Waals surface area contributed by atoms with Gasteiger partial charge in [-0.15, -0.1) is 0 Å². The number of hydrogen-bond acceptors (Lipinski definition) is 3. The summed E-state index contributed by atoms with van der Waals surface area (Å²) in [6, 6.07) is 16.8. The van der Waals surface area contributed by atoms with Crippen LogP contribution < -0.4 is 0 Å². The van der Waals surface area contributed by atoms with Gasteiger partial charge in [-0.2, -0.15) is 10.5 Å². The van der Waals surface area contributed by atoms with Gasteiger partial charge in [-0.25, -0.2) is 0 Å². The lowest BCUT2D eigenvalue weighted by Crippen LogP contribution is -2.19. The molecule has 2 aromatic carbocycles. The maximum Gasteiger partial charge on any atom is 0.190 e.